The second-order valence-electron chi connectivity index (χ2n) is 7.93. The molecule has 160 valence electrons. The number of carboxylic acids is 1. The molecule has 0 fully saturated rings. The number of hydrogen-bond acceptors (Lipinski definition) is 4. The largest absolute Gasteiger partial charge is 0.493 e. The van der Waals surface area contributed by atoms with Crippen LogP contribution in [0.25, 0.3) is 17.0 Å². The van der Waals surface area contributed by atoms with E-state index in [1.54, 1.807) is 0 Å². The van der Waals surface area contributed by atoms with Crippen LogP contribution in [0.3, 0.4) is 0 Å². The Morgan fingerprint density at radius 3 is 2.71 bits per heavy atom. The summed E-state index contributed by atoms with van der Waals surface area (Å²) in [5.74, 6) is 1.55. The summed E-state index contributed by atoms with van der Waals surface area (Å²) in [4.78, 5) is 15.6. The zero-order valence-corrected chi connectivity index (χ0v) is 18.0. The molecule has 0 unspecified atom stereocenters. The summed E-state index contributed by atoms with van der Waals surface area (Å²) in [6.45, 7) is 4.50. The number of oxazole rings is 1. The molecule has 0 radical (unpaired) electrons. The van der Waals surface area contributed by atoms with Crippen LogP contribution in [0.15, 0.2) is 53.0 Å². The molecule has 0 bridgehead atoms. The minimum absolute atomic E-state index is 0.144. The van der Waals surface area contributed by atoms with Crippen molar-refractivity contribution >= 4 is 11.5 Å². The van der Waals surface area contributed by atoms with Gasteiger partial charge in [0, 0.05) is 24.0 Å². The molecule has 0 spiro atoms. The standard InChI is InChI=1S/C26H27NO4/c1-17-9-11-20(12-10-17)26-27-23(18(2)31-26)15-16-30-24-8-4-6-21-19(13-14-25(28)29)5-3-7-22(21)24/h4-6,8-12H,3,7,13-16H2,1-2H3,(H,28,29). The van der Waals surface area contributed by atoms with Gasteiger partial charge in [0.05, 0.1) is 12.3 Å². The molecule has 0 atom stereocenters. The fraction of sp³-hybridized carbons (Fsp3) is 0.308. The number of hydrogen-bond donors (Lipinski definition) is 1. The van der Waals surface area contributed by atoms with Crippen LogP contribution in [0.5, 0.6) is 5.75 Å². The van der Waals surface area contributed by atoms with Crippen LogP contribution in [0.4, 0.5) is 0 Å². The number of fused-ring (bicyclic) bond motifs is 1. The lowest BCUT2D eigenvalue weighted by molar-refractivity contribution is -0.136. The first-order chi connectivity index (χ1) is 15.0. The third-order valence-electron chi connectivity index (χ3n) is 5.66. The zero-order chi connectivity index (χ0) is 21.8. The van der Waals surface area contributed by atoms with Crippen molar-refractivity contribution in [1.82, 2.24) is 4.98 Å². The van der Waals surface area contributed by atoms with E-state index in [2.05, 4.69) is 36.2 Å². The van der Waals surface area contributed by atoms with Crippen LogP contribution in [-0.2, 0) is 17.6 Å². The third kappa shape index (κ3) is 4.88. The van der Waals surface area contributed by atoms with Crippen LogP contribution in [0, 0.1) is 13.8 Å². The van der Waals surface area contributed by atoms with Gasteiger partial charge in [0.2, 0.25) is 5.89 Å². The predicted molar refractivity (Wildman–Crippen MR) is 120 cm³/mol. The maximum Gasteiger partial charge on any atom is 0.303 e. The number of carbonyl (C=O) groups is 1. The molecule has 1 N–H and O–H groups in total. The second kappa shape index (κ2) is 9.21. The van der Waals surface area contributed by atoms with Gasteiger partial charge < -0.3 is 14.3 Å². The first kappa shape index (κ1) is 20.9. The lowest BCUT2D eigenvalue weighted by atomic mass is 9.88. The number of aryl methyl sites for hydroxylation is 2. The lowest BCUT2D eigenvalue weighted by Gasteiger charge is -2.20. The zero-order valence-electron chi connectivity index (χ0n) is 18.0. The maximum atomic E-state index is 11.0. The van der Waals surface area contributed by atoms with Gasteiger partial charge in [-0.15, -0.1) is 0 Å². The predicted octanol–water partition coefficient (Wildman–Crippen LogP) is 5.77. The molecule has 2 aromatic carbocycles. The normalized spacial score (nSPS) is 12.9. The van der Waals surface area contributed by atoms with E-state index in [9.17, 15) is 4.79 Å². The molecule has 31 heavy (non-hydrogen) atoms. The number of aliphatic carboxylic acids is 1. The number of benzene rings is 2. The van der Waals surface area contributed by atoms with Crippen molar-refractivity contribution in [2.75, 3.05) is 6.61 Å². The van der Waals surface area contributed by atoms with E-state index >= 15 is 0 Å². The molecular formula is C26H27NO4. The summed E-state index contributed by atoms with van der Waals surface area (Å²) in [5, 5.41) is 9.01. The quantitative estimate of drug-likeness (QED) is 0.503. The Morgan fingerprint density at radius 2 is 1.94 bits per heavy atom. The number of ether oxygens (including phenoxy) is 1. The van der Waals surface area contributed by atoms with Gasteiger partial charge in [-0.2, -0.15) is 0 Å². The summed E-state index contributed by atoms with van der Waals surface area (Å²) in [6.07, 6.45) is 5.32. The molecule has 0 aliphatic heterocycles. The summed E-state index contributed by atoms with van der Waals surface area (Å²) in [6, 6.07) is 14.2. The molecule has 1 heterocycles. The van der Waals surface area contributed by atoms with Crippen LogP contribution in [0.2, 0.25) is 0 Å². The van der Waals surface area contributed by atoms with Gasteiger partial charge in [0.15, 0.2) is 0 Å². The van der Waals surface area contributed by atoms with Gasteiger partial charge in [-0.05, 0) is 62.4 Å². The smallest absolute Gasteiger partial charge is 0.303 e. The Labute approximate surface area is 182 Å². The van der Waals surface area contributed by atoms with Crippen molar-refractivity contribution in [2.45, 2.75) is 46.0 Å². The Kier molecular flexibility index (Phi) is 6.21. The van der Waals surface area contributed by atoms with Crippen LogP contribution >= 0.6 is 0 Å². The van der Waals surface area contributed by atoms with Crippen molar-refractivity contribution in [1.29, 1.82) is 0 Å². The number of nitrogens with zero attached hydrogens (tertiary/aromatic N) is 1. The van der Waals surface area contributed by atoms with Crippen molar-refractivity contribution in [3.8, 4) is 17.2 Å². The van der Waals surface area contributed by atoms with Crippen LogP contribution in [-0.4, -0.2) is 22.7 Å². The molecule has 1 aliphatic carbocycles. The molecule has 3 aromatic rings. The van der Waals surface area contributed by atoms with Crippen molar-refractivity contribution in [3.63, 3.8) is 0 Å². The SMILES string of the molecule is Cc1ccc(-c2nc(CCOc3cccc4c3CCC=C4CCC(=O)O)c(C)o2)cc1. The summed E-state index contributed by atoms with van der Waals surface area (Å²) >= 11 is 0. The van der Waals surface area contributed by atoms with E-state index in [1.165, 1.54) is 11.1 Å². The van der Waals surface area contributed by atoms with E-state index in [0.717, 1.165) is 46.7 Å². The topological polar surface area (TPSA) is 72.6 Å². The Balaban J connectivity index is 1.43. The minimum atomic E-state index is -0.770. The van der Waals surface area contributed by atoms with Crippen LogP contribution in [0.1, 0.15) is 47.4 Å². The number of aromatic nitrogens is 1. The molecule has 1 aliphatic rings. The number of allylic oxidation sites excluding steroid dienone is 2. The first-order valence-corrected chi connectivity index (χ1v) is 10.7. The Hall–Kier alpha value is -3.34. The van der Waals surface area contributed by atoms with Crippen LogP contribution < -0.4 is 4.74 Å². The number of rotatable bonds is 8. The highest BCUT2D eigenvalue weighted by atomic mass is 16.5. The molecule has 5 heteroatoms. The van der Waals surface area contributed by atoms with Gasteiger partial charge in [0.1, 0.15) is 11.5 Å². The van der Waals surface area contributed by atoms with E-state index < -0.39 is 5.97 Å². The summed E-state index contributed by atoms with van der Waals surface area (Å²) in [7, 11) is 0. The molecule has 5 nitrogen and oxygen atoms in total. The van der Waals surface area contributed by atoms with E-state index in [1.807, 2.05) is 31.2 Å². The molecule has 0 amide bonds. The van der Waals surface area contributed by atoms with Crippen molar-refractivity contribution < 1.29 is 19.1 Å². The average Bonchev–Trinajstić information content (AvgIpc) is 3.13. The second-order valence-corrected chi connectivity index (χ2v) is 7.93. The molecule has 0 saturated carbocycles. The van der Waals surface area contributed by atoms with Gasteiger partial charge in [-0.25, -0.2) is 4.98 Å². The Bertz CT molecular complexity index is 1110. The molecule has 0 saturated heterocycles. The summed E-state index contributed by atoms with van der Waals surface area (Å²) in [5.41, 5.74) is 6.46. The van der Waals surface area contributed by atoms with Crippen molar-refractivity contribution in [2.24, 2.45) is 0 Å². The van der Waals surface area contributed by atoms with E-state index in [0.29, 0.717) is 25.3 Å². The molecule has 4 rings (SSSR count). The fourth-order valence-electron chi connectivity index (χ4n) is 3.98. The van der Waals surface area contributed by atoms with Gasteiger partial charge in [-0.3, -0.25) is 4.79 Å². The maximum absolute atomic E-state index is 11.0. The average molecular weight is 418 g/mol. The van der Waals surface area contributed by atoms with Gasteiger partial charge in [-0.1, -0.05) is 35.9 Å². The monoisotopic (exact) mass is 417 g/mol. The highest BCUT2D eigenvalue weighted by molar-refractivity contribution is 5.76. The highest BCUT2D eigenvalue weighted by Crippen LogP contribution is 2.35. The van der Waals surface area contributed by atoms with Gasteiger partial charge in [0.25, 0.3) is 0 Å². The van der Waals surface area contributed by atoms with Gasteiger partial charge >= 0.3 is 5.97 Å². The van der Waals surface area contributed by atoms with E-state index in [4.69, 9.17) is 14.3 Å². The van der Waals surface area contributed by atoms with Crippen molar-refractivity contribution in [3.05, 3.63) is 76.7 Å². The number of carboxylic acid groups (broad SMARTS) is 1. The molecule has 1 aromatic heterocycles. The lowest BCUT2D eigenvalue weighted by Crippen LogP contribution is -2.08. The fourth-order valence-corrected chi connectivity index (χ4v) is 3.98. The third-order valence-corrected chi connectivity index (χ3v) is 5.66. The first-order valence-electron chi connectivity index (χ1n) is 10.7. The van der Waals surface area contributed by atoms with E-state index in [-0.39, 0.29) is 6.42 Å². The Morgan fingerprint density at radius 1 is 1.13 bits per heavy atom. The minimum Gasteiger partial charge on any atom is -0.493 e. The highest BCUT2D eigenvalue weighted by Gasteiger charge is 2.18. The molecular weight excluding hydrogens is 390 g/mol. The summed E-state index contributed by atoms with van der Waals surface area (Å²) < 4.78 is 12.0.